The standard InChI is InChI=1S/C22H26BrNO3/c1-16-12-19(13-17(2)21(16)23)27-14-20(25)24-15-22(8-10-26-11-9-22)18-6-4-3-5-7-18/h3-7,12-13H,8-11,14-15H2,1-2H3,(H,24,25). The van der Waals surface area contributed by atoms with Crippen LogP contribution in [0.4, 0.5) is 0 Å². The molecule has 144 valence electrons. The van der Waals surface area contributed by atoms with E-state index in [1.54, 1.807) is 0 Å². The van der Waals surface area contributed by atoms with E-state index in [1.165, 1.54) is 5.56 Å². The van der Waals surface area contributed by atoms with Gasteiger partial charge in [-0.15, -0.1) is 0 Å². The number of nitrogens with one attached hydrogen (secondary N) is 1. The fraction of sp³-hybridized carbons (Fsp3) is 0.409. The summed E-state index contributed by atoms with van der Waals surface area (Å²) in [5.74, 6) is 0.613. The van der Waals surface area contributed by atoms with E-state index in [-0.39, 0.29) is 17.9 Å². The molecule has 1 heterocycles. The van der Waals surface area contributed by atoms with Crippen molar-refractivity contribution in [2.45, 2.75) is 32.1 Å². The first-order valence-corrected chi connectivity index (χ1v) is 10.1. The fourth-order valence-electron chi connectivity index (χ4n) is 3.58. The summed E-state index contributed by atoms with van der Waals surface area (Å²) >= 11 is 3.55. The Bertz CT molecular complexity index is 762. The van der Waals surface area contributed by atoms with Crippen LogP contribution in [-0.2, 0) is 14.9 Å². The van der Waals surface area contributed by atoms with Crippen LogP contribution in [0.25, 0.3) is 0 Å². The van der Waals surface area contributed by atoms with Crippen molar-refractivity contribution >= 4 is 21.8 Å². The third kappa shape index (κ3) is 4.90. The maximum atomic E-state index is 12.4. The molecule has 1 fully saturated rings. The maximum absolute atomic E-state index is 12.4. The number of benzene rings is 2. The molecule has 2 aromatic rings. The van der Waals surface area contributed by atoms with Crippen LogP contribution in [0.15, 0.2) is 46.9 Å². The Hall–Kier alpha value is -1.85. The molecule has 0 saturated carbocycles. The average molecular weight is 432 g/mol. The largest absolute Gasteiger partial charge is 0.484 e. The van der Waals surface area contributed by atoms with Crippen LogP contribution in [0.5, 0.6) is 5.75 Å². The van der Waals surface area contributed by atoms with Gasteiger partial charge < -0.3 is 14.8 Å². The van der Waals surface area contributed by atoms with Crippen molar-refractivity contribution in [3.63, 3.8) is 0 Å². The lowest BCUT2D eigenvalue weighted by molar-refractivity contribution is -0.123. The molecule has 0 aromatic heterocycles. The van der Waals surface area contributed by atoms with E-state index < -0.39 is 0 Å². The summed E-state index contributed by atoms with van der Waals surface area (Å²) in [6.07, 6.45) is 1.81. The van der Waals surface area contributed by atoms with E-state index in [0.29, 0.717) is 12.3 Å². The second kappa shape index (κ2) is 8.89. The fourth-order valence-corrected chi connectivity index (χ4v) is 3.81. The third-order valence-electron chi connectivity index (χ3n) is 5.24. The predicted octanol–water partition coefficient (Wildman–Crippen LogP) is 4.31. The van der Waals surface area contributed by atoms with Gasteiger partial charge in [-0.1, -0.05) is 46.3 Å². The number of hydrogen-bond donors (Lipinski definition) is 1. The van der Waals surface area contributed by atoms with Crippen LogP contribution in [0, 0.1) is 13.8 Å². The quantitative estimate of drug-likeness (QED) is 0.740. The first kappa shape index (κ1) is 19.9. The summed E-state index contributed by atoms with van der Waals surface area (Å²) in [5.41, 5.74) is 3.37. The lowest BCUT2D eigenvalue weighted by Crippen LogP contribution is -2.45. The first-order valence-electron chi connectivity index (χ1n) is 9.30. The normalized spacial score (nSPS) is 16.0. The van der Waals surface area contributed by atoms with Crippen molar-refractivity contribution in [1.29, 1.82) is 0 Å². The van der Waals surface area contributed by atoms with Crippen molar-refractivity contribution in [2.24, 2.45) is 0 Å². The van der Waals surface area contributed by atoms with Crippen LogP contribution in [0.3, 0.4) is 0 Å². The van der Waals surface area contributed by atoms with Crippen LogP contribution >= 0.6 is 15.9 Å². The zero-order chi connectivity index (χ0) is 19.3. The number of amides is 1. The number of halogens is 1. The highest BCUT2D eigenvalue weighted by Gasteiger charge is 2.34. The lowest BCUT2D eigenvalue weighted by atomic mass is 9.74. The van der Waals surface area contributed by atoms with Gasteiger partial charge >= 0.3 is 0 Å². The van der Waals surface area contributed by atoms with Crippen molar-refractivity contribution < 1.29 is 14.3 Å². The minimum atomic E-state index is -0.102. The SMILES string of the molecule is Cc1cc(OCC(=O)NCC2(c3ccccc3)CCOCC2)cc(C)c1Br. The van der Waals surface area contributed by atoms with Crippen LogP contribution in [0.2, 0.25) is 0 Å². The number of carbonyl (C=O) groups excluding carboxylic acids is 1. The molecule has 3 rings (SSSR count). The summed E-state index contributed by atoms with van der Waals surface area (Å²) in [6, 6.07) is 14.3. The molecule has 1 amide bonds. The summed E-state index contributed by atoms with van der Waals surface area (Å²) < 4.78 is 12.3. The maximum Gasteiger partial charge on any atom is 0.257 e. The molecular formula is C22H26BrNO3. The highest BCUT2D eigenvalue weighted by atomic mass is 79.9. The molecule has 1 N–H and O–H groups in total. The topological polar surface area (TPSA) is 47.6 Å². The first-order chi connectivity index (χ1) is 13.0. The molecule has 0 aliphatic carbocycles. The Labute approximate surface area is 169 Å². The molecule has 0 radical (unpaired) electrons. The Balaban J connectivity index is 1.60. The van der Waals surface area contributed by atoms with E-state index in [2.05, 4.69) is 45.5 Å². The van der Waals surface area contributed by atoms with Crippen molar-refractivity contribution in [3.05, 3.63) is 63.6 Å². The Morgan fingerprint density at radius 3 is 2.41 bits per heavy atom. The minimum Gasteiger partial charge on any atom is -0.484 e. The van der Waals surface area contributed by atoms with Gasteiger partial charge in [-0.05, 0) is 55.5 Å². The number of rotatable bonds is 6. The molecular weight excluding hydrogens is 406 g/mol. The highest BCUT2D eigenvalue weighted by Crippen LogP contribution is 2.34. The molecule has 27 heavy (non-hydrogen) atoms. The Kier molecular flexibility index (Phi) is 6.55. The molecule has 0 spiro atoms. The molecule has 1 saturated heterocycles. The van der Waals surface area contributed by atoms with E-state index in [9.17, 15) is 4.79 Å². The van der Waals surface area contributed by atoms with Crippen LogP contribution in [0.1, 0.15) is 29.5 Å². The van der Waals surface area contributed by atoms with Gasteiger partial charge in [0, 0.05) is 29.6 Å². The molecule has 5 heteroatoms. The molecule has 0 atom stereocenters. The summed E-state index contributed by atoms with van der Waals surface area (Å²) in [6.45, 7) is 6.08. The molecule has 0 bridgehead atoms. The second-order valence-corrected chi connectivity index (χ2v) is 7.99. The smallest absolute Gasteiger partial charge is 0.257 e. The molecule has 2 aromatic carbocycles. The van der Waals surface area contributed by atoms with Gasteiger partial charge in [0.25, 0.3) is 5.91 Å². The number of ether oxygens (including phenoxy) is 2. The summed E-state index contributed by atoms with van der Waals surface area (Å²) in [4.78, 5) is 12.4. The van der Waals surface area contributed by atoms with Crippen molar-refractivity contribution in [3.8, 4) is 5.75 Å². The van der Waals surface area contributed by atoms with E-state index in [0.717, 1.165) is 41.7 Å². The van der Waals surface area contributed by atoms with E-state index >= 15 is 0 Å². The predicted molar refractivity (Wildman–Crippen MR) is 110 cm³/mol. The minimum absolute atomic E-state index is 0.0158. The van der Waals surface area contributed by atoms with Gasteiger partial charge in [0.05, 0.1) is 0 Å². The summed E-state index contributed by atoms with van der Waals surface area (Å²) in [5, 5.41) is 3.07. The highest BCUT2D eigenvalue weighted by molar-refractivity contribution is 9.10. The van der Waals surface area contributed by atoms with Gasteiger partial charge in [-0.2, -0.15) is 0 Å². The second-order valence-electron chi connectivity index (χ2n) is 7.20. The monoisotopic (exact) mass is 431 g/mol. The van der Waals surface area contributed by atoms with Gasteiger partial charge in [0.2, 0.25) is 0 Å². The van der Waals surface area contributed by atoms with Crippen LogP contribution < -0.4 is 10.1 Å². The lowest BCUT2D eigenvalue weighted by Gasteiger charge is -2.38. The zero-order valence-corrected chi connectivity index (χ0v) is 17.5. The van der Waals surface area contributed by atoms with Crippen molar-refractivity contribution in [2.75, 3.05) is 26.4 Å². The number of carbonyl (C=O) groups is 1. The number of aryl methyl sites for hydroxylation is 2. The van der Waals surface area contributed by atoms with Gasteiger partial charge in [-0.25, -0.2) is 0 Å². The molecule has 1 aliphatic heterocycles. The molecule has 0 unspecified atom stereocenters. The Morgan fingerprint density at radius 1 is 1.15 bits per heavy atom. The van der Waals surface area contributed by atoms with Gasteiger partial charge in [0.1, 0.15) is 5.75 Å². The van der Waals surface area contributed by atoms with E-state index in [4.69, 9.17) is 9.47 Å². The van der Waals surface area contributed by atoms with Gasteiger partial charge in [0.15, 0.2) is 6.61 Å². The van der Waals surface area contributed by atoms with E-state index in [1.807, 2.05) is 32.0 Å². The number of hydrogen-bond acceptors (Lipinski definition) is 3. The molecule has 1 aliphatic rings. The Morgan fingerprint density at radius 2 is 1.78 bits per heavy atom. The summed E-state index contributed by atoms with van der Waals surface area (Å²) in [7, 11) is 0. The molecule has 4 nitrogen and oxygen atoms in total. The van der Waals surface area contributed by atoms with Crippen LogP contribution in [-0.4, -0.2) is 32.3 Å². The van der Waals surface area contributed by atoms with Crippen molar-refractivity contribution in [1.82, 2.24) is 5.32 Å². The zero-order valence-electron chi connectivity index (χ0n) is 15.9. The van der Waals surface area contributed by atoms with Gasteiger partial charge in [-0.3, -0.25) is 4.79 Å². The average Bonchev–Trinajstić information content (AvgIpc) is 2.70. The third-order valence-corrected chi connectivity index (χ3v) is 6.49.